The molecular weight excluding hydrogens is 1200 g/mol. The van der Waals surface area contributed by atoms with Gasteiger partial charge in [0.05, 0.1) is 0 Å². The average molecular weight is 1200 g/mol. The maximum atomic E-state index is 11.0. The van der Waals surface area contributed by atoms with Crippen LogP contribution >= 0.6 is 0 Å². The Kier molecular flexibility index (Phi) is 23.6. The second-order valence-electron chi connectivity index (χ2n) is 2.85. The minimum atomic E-state index is -9.67. The van der Waals surface area contributed by atoms with Gasteiger partial charge in [-0.3, -0.25) is 0 Å². The zero-order valence-corrected chi connectivity index (χ0v) is 33.4. The summed E-state index contributed by atoms with van der Waals surface area (Å²) in [6, 6.07) is 0. The van der Waals surface area contributed by atoms with Gasteiger partial charge in [-0.05, 0) is 0 Å². The van der Waals surface area contributed by atoms with Crippen LogP contribution in [-0.2, 0) is 12.6 Å². The third kappa shape index (κ3) is 13.5. The molecule has 0 rings (SSSR count). The van der Waals surface area contributed by atoms with Gasteiger partial charge in [0, 0.05) is 0 Å². The molecule has 27 heteroatoms. The molecule has 0 spiro atoms. The van der Waals surface area contributed by atoms with Crippen molar-refractivity contribution in [1.29, 1.82) is 0 Å². The standard InChI is InChI=1S/GeI6O18.2K/c8-2(9)20-1(21-3(10)11,22-4(12)13,23-5(14)15,24-6(16)17)25-7(18)19;;/q-2;2*+1. The number of hydrogen-bond acceptors (Lipinski definition) is 18. The quantitative estimate of drug-likeness (QED) is 0.129. The first kappa shape index (κ1) is 39.0. The Morgan fingerprint density at radius 2 is 0.444 bits per heavy atom. The van der Waals surface area contributed by atoms with E-state index in [0.29, 0.717) is 0 Å². The Labute approximate surface area is 287 Å². The normalized spacial score (nSPS) is 15.3. The van der Waals surface area contributed by atoms with E-state index in [-0.39, 0.29) is 103 Å². The van der Waals surface area contributed by atoms with E-state index in [4.69, 9.17) is 0 Å². The van der Waals surface area contributed by atoms with Crippen LogP contribution < -0.4 is 270 Å². The van der Waals surface area contributed by atoms with E-state index in [9.17, 15) is 41.2 Å². The van der Waals surface area contributed by atoms with E-state index in [1.165, 1.54) is 0 Å². The summed E-state index contributed by atoms with van der Waals surface area (Å²) in [5, 5.41) is 0. The van der Waals surface area contributed by atoms with E-state index >= 15 is 0 Å². The summed E-state index contributed by atoms with van der Waals surface area (Å²) in [5.41, 5.74) is 0. The van der Waals surface area contributed by atoms with Crippen LogP contribution in [0.1, 0.15) is 0 Å². The molecule has 0 aromatic carbocycles. The molecule has 0 saturated carbocycles. The van der Waals surface area contributed by atoms with E-state index in [0.717, 1.165) is 0 Å². The fourth-order valence-electron chi connectivity index (χ4n) is 0.950. The second kappa shape index (κ2) is 16.3. The van der Waals surface area contributed by atoms with Gasteiger partial charge < -0.3 is 0 Å². The molecule has 18 nitrogen and oxygen atoms in total. The van der Waals surface area contributed by atoms with Crippen LogP contribution in [0.5, 0.6) is 0 Å². The predicted octanol–water partition coefficient (Wildman–Crippen LogP) is -39.0. The molecule has 0 aliphatic carbocycles. The molecule has 0 aromatic rings. The van der Waals surface area contributed by atoms with Gasteiger partial charge in [-0.2, -0.15) is 0 Å². The predicted molar refractivity (Wildman–Crippen MR) is 12.3 cm³/mol. The first-order valence-corrected chi connectivity index (χ1v) is 25.0. The van der Waals surface area contributed by atoms with Crippen LogP contribution in [0.15, 0.2) is 0 Å². The van der Waals surface area contributed by atoms with Crippen LogP contribution in [0.3, 0.4) is 0 Å². The van der Waals surface area contributed by atoms with Crippen LogP contribution in [0.25, 0.3) is 0 Å². The van der Waals surface area contributed by atoms with Crippen molar-refractivity contribution in [1.82, 2.24) is 0 Å². The molecule has 0 unspecified atom stereocenters. The Hall–Kier alpha value is 7.48. The van der Waals surface area contributed by atoms with Crippen molar-refractivity contribution in [3.8, 4) is 0 Å². The van der Waals surface area contributed by atoms with Crippen LogP contribution in [0.4, 0.5) is 0 Å². The van der Waals surface area contributed by atoms with Crippen molar-refractivity contribution in [2.24, 2.45) is 0 Å². The molecule has 0 radical (unpaired) electrons. The van der Waals surface area contributed by atoms with E-state index in [1.807, 2.05) is 0 Å². The minimum absolute atomic E-state index is 0. The van der Waals surface area contributed by atoms with Gasteiger partial charge >= 0.3 is 296 Å². The monoisotopic (exact) mass is 1200 g/mol. The van der Waals surface area contributed by atoms with Crippen molar-refractivity contribution in [3.63, 3.8) is 0 Å². The van der Waals surface area contributed by atoms with Gasteiger partial charge in [0.2, 0.25) is 0 Å². The van der Waals surface area contributed by atoms with Gasteiger partial charge in [-0.15, -0.1) is 0 Å². The number of halogens is 6. The summed E-state index contributed by atoms with van der Waals surface area (Å²) >= 11 is -44.0. The molecule has 0 amide bonds. The fraction of sp³-hybridized carbons (Fsp3) is 0. The first-order chi connectivity index (χ1) is 11.1. The molecule has 0 fully saturated rings. The molecule has 0 saturated heterocycles. The average Bonchev–Trinajstić information content (AvgIpc) is 2.18. The molecule has 0 aliphatic rings. The molecule has 0 atom stereocenters. The zero-order chi connectivity index (χ0) is 20.1. The molecule has 0 aliphatic heterocycles. The van der Waals surface area contributed by atoms with Crippen LogP contribution in [-0.4, -0.2) is 13.1 Å². The van der Waals surface area contributed by atoms with Crippen molar-refractivity contribution < 1.29 is 283 Å². The molecule has 0 bridgehead atoms. The number of rotatable bonds is 12. The van der Waals surface area contributed by atoms with Gasteiger partial charge in [0.1, 0.15) is 0 Å². The van der Waals surface area contributed by atoms with E-state index in [1.54, 1.807) is 0 Å². The summed E-state index contributed by atoms with van der Waals surface area (Å²) in [7, 11) is 0. The molecule has 27 heavy (non-hydrogen) atoms. The van der Waals surface area contributed by atoms with Crippen molar-refractivity contribution in [2.75, 3.05) is 0 Å². The fourth-order valence-corrected chi connectivity index (χ4v) is 68.6. The Morgan fingerprint density at radius 3 is 0.519 bits per heavy atom. The summed E-state index contributed by atoms with van der Waals surface area (Å²) in [6.07, 6.45) is 0. The second-order valence-corrected chi connectivity index (χ2v) is 30.2. The summed E-state index contributed by atoms with van der Waals surface area (Å²) in [4.78, 5) is 0. The summed E-state index contributed by atoms with van der Waals surface area (Å²) in [6.45, 7) is 0. The van der Waals surface area contributed by atoms with Gasteiger partial charge in [-0.1, -0.05) is 0 Å². The molecule has 0 aromatic heterocycles. The molecule has 0 N–H and O–H groups in total. The van der Waals surface area contributed by atoms with Gasteiger partial charge in [0.25, 0.3) is 0 Å². The molecule has 156 valence electrons. The maximum absolute atomic E-state index is 11.0. The molecule has 0 heterocycles. The number of hydrogen-bond donors (Lipinski definition) is 0. The first-order valence-electron chi connectivity index (χ1n) is 4.00. The Balaban J connectivity index is -0.00000288. The van der Waals surface area contributed by atoms with Gasteiger partial charge in [0.15, 0.2) is 0 Å². The van der Waals surface area contributed by atoms with Crippen molar-refractivity contribution >= 4 is 13.1 Å². The SMILES string of the molecule is [K+].[K+].[O-][I+2]([O-])[O][Ge-2]([O][I+2]([O-])[O-])([O][I+2]([O-])[O-])([O][I+2]([O-])[O-])([O][I+2]([O-])[O-])[O][I+2]([O-])[O-]. The zero-order valence-electron chi connectivity index (χ0n) is 12.1. The Morgan fingerprint density at radius 1 is 0.333 bits per heavy atom. The van der Waals surface area contributed by atoms with Crippen molar-refractivity contribution in [2.45, 2.75) is 0 Å². The third-order valence-electron chi connectivity index (χ3n) is 1.32. The van der Waals surface area contributed by atoms with Crippen LogP contribution in [0.2, 0.25) is 0 Å². The van der Waals surface area contributed by atoms with Gasteiger partial charge in [-0.25, -0.2) is 0 Å². The van der Waals surface area contributed by atoms with Crippen molar-refractivity contribution in [3.05, 3.63) is 0 Å². The Bertz CT molecular complexity index is 315. The topological polar surface area (TPSA) is 332 Å². The molecular formula is GeI6K2O18. The van der Waals surface area contributed by atoms with E-state index in [2.05, 4.69) is 12.6 Å². The van der Waals surface area contributed by atoms with Crippen LogP contribution in [0, 0.1) is 0 Å². The summed E-state index contributed by atoms with van der Waals surface area (Å²) in [5.74, 6) is 0. The third-order valence-corrected chi connectivity index (χ3v) is 46.1. The summed E-state index contributed by atoms with van der Waals surface area (Å²) < 4.78 is 154. The van der Waals surface area contributed by atoms with E-state index < -0.39 is 140 Å².